The average Bonchev–Trinajstić information content (AvgIpc) is 2.90. The van der Waals surface area contributed by atoms with Gasteiger partial charge in [-0.1, -0.05) is 30.3 Å². The van der Waals surface area contributed by atoms with Crippen LogP contribution in [0.4, 0.5) is 4.39 Å². The normalized spacial score (nSPS) is 18.2. The molecule has 1 unspecified atom stereocenters. The maximum Gasteiger partial charge on any atom is 0.163 e. The van der Waals surface area contributed by atoms with Crippen molar-refractivity contribution in [3.05, 3.63) is 35.9 Å². The Kier molecular flexibility index (Phi) is 4.26. The molecule has 1 aliphatic rings. The van der Waals surface area contributed by atoms with E-state index < -0.39 is 6.30 Å². The lowest BCUT2D eigenvalue weighted by atomic mass is 10.1. The van der Waals surface area contributed by atoms with E-state index in [4.69, 9.17) is 0 Å². The zero-order valence-electron chi connectivity index (χ0n) is 9.94. The van der Waals surface area contributed by atoms with Crippen molar-refractivity contribution in [3.63, 3.8) is 0 Å². The highest BCUT2D eigenvalue weighted by Crippen LogP contribution is 2.17. The van der Waals surface area contributed by atoms with Gasteiger partial charge in [-0.15, -0.1) is 0 Å². The first-order chi connectivity index (χ1) is 8.27. The summed E-state index contributed by atoms with van der Waals surface area (Å²) in [7, 11) is 0. The van der Waals surface area contributed by atoms with Crippen molar-refractivity contribution in [2.45, 2.75) is 32.0 Å². The van der Waals surface area contributed by atoms with E-state index in [0.717, 1.165) is 25.9 Å². The Bertz CT molecular complexity index is 360. The molecule has 0 spiro atoms. The second-order valence-electron chi connectivity index (χ2n) is 4.51. The van der Waals surface area contributed by atoms with Crippen molar-refractivity contribution in [2.75, 3.05) is 13.1 Å². The minimum Gasteiger partial charge on any atom is -0.294 e. The summed E-state index contributed by atoms with van der Waals surface area (Å²) in [5, 5.41) is 0. The fourth-order valence-corrected chi connectivity index (χ4v) is 2.22. The largest absolute Gasteiger partial charge is 0.294 e. The summed E-state index contributed by atoms with van der Waals surface area (Å²) in [6, 6.07) is 9.11. The van der Waals surface area contributed by atoms with Crippen LogP contribution < -0.4 is 0 Å². The first kappa shape index (κ1) is 12.2. The van der Waals surface area contributed by atoms with Gasteiger partial charge in [0.15, 0.2) is 12.1 Å². The molecule has 1 heterocycles. The van der Waals surface area contributed by atoms with Crippen LogP contribution in [0.5, 0.6) is 0 Å². The number of halogens is 1. The van der Waals surface area contributed by atoms with Crippen LogP contribution in [0.25, 0.3) is 0 Å². The molecular formula is C14H18FNO. The Balaban J connectivity index is 1.80. The number of ketones is 1. The van der Waals surface area contributed by atoms with Crippen molar-refractivity contribution in [1.29, 1.82) is 0 Å². The molecule has 0 aromatic heterocycles. The van der Waals surface area contributed by atoms with E-state index in [1.807, 2.05) is 23.1 Å². The number of hydrogen-bond donors (Lipinski definition) is 0. The lowest BCUT2D eigenvalue weighted by molar-refractivity contribution is 0.0825. The quantitative estimate of drug-likeness (QED) is 0.577. The van der Waals surface area contributed by atoms with Crippen LogP contribution in [-0.2, 0) is 0 Å². The number of carbonyl (C=O) groups is 1. The molecule has 1 aromatic carbocycles. The van der Waals surface area contributed by atoms with E-state index in [-0.39, 0.29) is 5.78 Å². The van der Waals surface area contributed by atoms with Gasteiger partial charge in [-0.05, 0) is 19.3 Å². The van der Waals surface area contributed by atoms with E-state index in [9.17, 15) is 9.18 Å². The van der Waals surface area contributed by atoms with Crippen LogP contribution in [0.2, 0.25) is 0 Å². The summed E-state index contributed by atoms with van der Waals surface area (Å²) in [6.45, 7) is 1.67. The van der Waals surface area contributed by atoms with E-state index in [0.29, 0.717) is 18.4 Å². The molecule has 0 amide bonds. The highest BCUT2D eigenvalue weighted by atomic mass is 19.1. The van der Waals surface area contributed by atoms with Gasteiger partial charge in [-0.25, -0.2) is 4.39 Å². The SMILES string of the molecule is O=C(CCC(F)N1CCCC1)c1ccccc1. The van der Waals surface area contributed by atoms with Crippen LogP contribution in [-0.4, -0.2) is 30.1 Å². The lowest BCUT2D eigenvalue weighted by Gasteiger charge is -2.19. The van der Waals surface area contributed by atoms with Gasteiger partial charge in [0, 0.05) is 25.1 Å². The minimum atomic E-state index is -0.954. The number of alkyl halides is 1. The number of nitrogens with zero attached hydrogens (tertiary/aromatic N) is 1. The molecule has 1 aromatic rings. The molecule has 0 saturated carbocycles. The molecule has 0 N–H and O–H groups in total. The Hall–Kier alpha value is -1.22. The standard InChI is InChI=1S/C14H18FNO/c15-14(16-10-4-5-11-16)9-8-13(17)12-6-2-1-3-7-12/h1-3,6-7,14H,4-5,8-11H2. The fourth-order valence-electron chi connectivity index (χ4n) is 2.22. The van der Waals surface area contributed by atoms with Crippen molar-refractivity contribution < 1.29 is 9.18 Å². The molecule has 2 nitrogen and oxygen atoms in total. The summed E-state index contributed by atoms with van der Waals surface area (Å²) in [4.78, 5) is 13.6. The number of hydrogen-bond acceptors (Lipinski definition) is 2. The van der Waals surface area contributed by atoms with Crippen molar-refractivity contribution in [3.8, 4) is 0 Å². The molecule has 1 aliphatic heterocycles. The third-order valence-corrected chi connectivity index (χ3v) is 3.24. The molecule has 92 valence electrons. The van der Waals surface area contributed by atoms with E-state index in [2.05, 4.69) is 0 Å². The molecule has 17 heavy (non-hydrogen) atoms. The first-order valence-corrected chi connectivity index (χ1v) is 6.24. The van der Waals surface area contributed by atoms with Gasteiger partial charge in [-0.3, -0.25) is 9.69 Å². The zero-order valence-corrected chi connectivity index (χ0v) is 9.94. The molecule has 2 rings (SSSR count). The monoisotopic (exact) mass is 235 g/mol. The molecule has 0 radical (unpaired) electrons. The van der Waals surface area contributed by atoms with Crippen molar-refractivity contribution in [1.82, 2.24) is 4.90 Å². The minimum absolute atomic E-state index is 0.0347. The van der Waals surface area contributed by atoms with E-state index >= 15 is 0 Å². The topological polar surface area (TPSA) is 20.3 Å². The predicted molar refractivity (Wildman–Crippen MR) is 65.7 cm³/mol. The average molecular weight is 235 g/mol. The summed E-state index contributed by atoms with van der Waals surface area (Å²) in [6.07, 6.45) is 1.81. The predicted octanol–water partition coefficient (Wildman–Crippen LogP) is 3.04. The number of Topliss-reactive ketones (excluding diaryl/α,β-unsaturated/α-hetero) is 1. The fraction of sp³-hybridized carbons (Fsp3) is 0.500. The van der Waals surface area contributed by atoms with Crippen molar-refractivity contribution >= 4 is 5.78 Å². The summed E-state index contributed by atoms with van der Waals surface area (Å²) in [5.41, 5.74) is 0.682. The maximum atomic E-state index is 13.8. The van der Waals surface area contributed by atoms with Gasteiger partial charge in [0.25, 0.3) is 0 Å². The maximum absolute atomic E-state index is 13.8. The van der Waals surface area contributed by atoms with Crippen LogP contribution in [0, 0.1) is 0 Å². The second kappa shape index (κ2) is 5.92. The van der Waals surface area contributed by atoms with Crippen molar-refractivity contribution in [2.24, 2.45) is 0 Å². The molecule has 1 saturated heterocycles. The first-order valence-electron chi connectivity index (χ1n) is 6.24. The lowest BCUT2D eigenvalue weighted by Crippen LogP contribution is -2.29. The van der Waals surface area contributed by atoms with Gasteiger partial charge < -0.3 is 0 Å². The van der Waals surface area contributed by atoms with Gasteiger partial charge in [0.2, 0.25) is 0 Å². The molecule has 1 atom stereocenters. The highest BCUT2D eigenvalue weighted by molar-refractivity contribution is 5.95. The number of benzene rings is 1. The third kappa shape index (κ3) is 3.37. The molecule has 3 heteroatoms. The van der Waals surface area contributed by atoms with Crippen LogP contribution >= 0.6 is 0 Å². The molecular weight excluding hydrogens is 217 g/mol. The van der Waals surface area contributed by atoms with Crippen LogP contribution in [0.3, 0.4) is 0 Å². The van der Waals surface area contributed by atoms with Crippen LogP contribution in [0.15, 0.2) is 30.3 Å². The van der Waals surface area contributed by atoms with Gasteiger partial charge in [0.1, 0.15) is 0 Å². The summed E-state index contributed by atoms with van der Waals surface area (Å²) in [5.74, 6) is 0.0347. The zero-order chi connectivity index (χ0) is 12.1. The number of likely N-dealkylation sites (tertiary alicyclic amines) is 1. The molecule has 0 aliphatic carbocycles. The Morgan fingerprint density at radius 3 is 2.53 bits per heavy atom. The smallest absolute Gasteiger partial charge is 0.163 e. The number of carbonyl (C=O) groups excluding carboxylic acids is 1. The van der Waals surface area contributed by atoms with Crippen LogP contribution in [0.1, 0.15) is 36.0 Å². The summed E-state index contributed by atoms with van der Waals surface area (Å²) < 4.78 is 13.8. The Morgan fingerprint density at radius 2 is 1.88 bits per heavy atom. The van der Waals surface area contributed by atoms with E-state index in [1.54, 1.807) is 12.1 Å². The Labute approximate surface area is 101 Å². The third-order valence-electron chi connectivity index (χ3n) is 3.24. The molecule has 0 bridgehead atoms. The van der Waals surface area contributed by atoms with Gasteiger partial charge >= 0.3 is 0 Å². The summed E-state index contributed by atoms with van der Waals surface area (Å²) >= 11 is 0. The van der Waals surface area contributed by atoms with Gasteiger partial charge in [0.05, 0.1) is 0 Å². The van der Waals surface area contributed by atoms with E-state index in [1.165, 1.54) is 0 Å². The highest BCUT2D eigenvalue weighted by Gasteiger charge is 2.21. The number of rotatable bonds is 5. The van der Waals surface area contributed by atoms with Gasteiger partial charge in [-0.2, -0.15) is 0 Å². The second-order valence-corrected chi connectivity index (χ2v) is 4.51. The molecule has 1 fully saturated rings. The Morgan fingerprint density at radius 1 is 1.24 bits per heavy atom.